The van der Waals surface area contributed by atoms with Crippen LogP contribution < -0.4 is 4.90 Å². The molecule has 0 radical (unpaired) electrons. The first-order valence-corrected chi connectivity index (χ1v) is 9.91. The first-order chi connectivity index (χ1) is 14.8. The Balaban J connectivity index is 1.70. The predicted molar refractivity (Wildman–Crippen MR) is 115 cm³/mol. The van der Waals surface area contributed by atoms with Crippen LogP contribution >= 0.6 is 0 Å². The molecule has 30 heavy (non-hydrogen) atoms. The molecular weight excluding hydrogens is 372 g/mol. The fourth-order valence-electron chi connectivity index (χ4n) is 4.29. The highest BCUT2D eigenvalue weighted by Crippen LogP contribution is 2.47. The maximum Gasteiger partial charge on any atom is 0.244 e. The quantitative estimate of drug-likeness (QED) is 0.509. The number of carbonyl (C=O) groups is 1. The number of hydrogen-bond acceptors (Lipinski definition) is 4. The first kappa shape index (κ1) is 18.2. The van der Waals surface area contributed by atoms with Gasteiger partial charge >= 0.3 is 0 Å². The molecule has 1 aliphatic rings. The minimum Gasteiger partial charge on any atom is -0.273 e. The molecule has 4 heterocycles. The molecule has 0 saturated carbocycles. The Labute approximate surface area is 175 Å². The molecule has 0 atom stereocenters. The lowest BCUT2D eigenvalue weighted by Crippen LogP contribution is -2.42. The van der Waals surface area contributed by atoms with Crippen LogP contribution in [0.5, 0.6) is 0 Å². The number of benzene rings is 1. The Morgan fingerprint density at radius 1 is 0.700 bits per heavy atom. The third-order valence-electron chi connectivity index (χ3n) is 5.65. The van der Waals surface area contributed by atoms with E-state index in [1.54, 1.807) is 35.9 Å². The summed E-state index contributed by atoms with van der Waals surface area (Å²) < 4.78 is 0. The van der Waals surface area contributed by atoms with Gasteiger partial charge in [0.2, 0.25) is 5.91 Å². The van der Waals surface area contributed by atoms with Crippen molar-refractivity contribution in [1.82, 2.24) is 15.0 Å². The maximum atomic E-state index is 14.1. The monoisotopic (exact) mass is 392 g/mol. The summed E-state index contributed by atoms with van der Waals surface area (Å²) in [6, 6.07) is 21.6. The molecule has 1 aromatic carbocycles. The van der Waals surface area contributed by atoms with Crippen LogP contribution in [0.25, 0.3) is 0 Å². The van der Waals surface area contributed by atoms with E-state index >= 15 is 0 Å². The van der Waals surface area contributed by atoms with Crippen LogP contribution in [0.4, 0.5) is 11.5 Å². The number of amides is 1. The van der Waals surface area contributed by atoms with E-state index < -0.39 is 5.41 Å². The van der Waals surface area contributed by atoms with Crippen molar-refractivity contribution >= 4 is 17.4 Å². The molecule has 146 valence electrons. The zero-order chi connectivity index (χ0) is 20.4. The summed E-state index contributed by atoms with van der Waals surface area (Å²) in [4.78, 5) is 28.8. The number of anilines is 2. The molecule has 0 bridgehead atoms. The normalized spacial score (nSPS) is 14.5. The number of pyridine rings is 3. The molecule has 1 aliphatic heterocycles. The van der Waals surface area contributed by atoms with E-state index in [0.717, 1.165) is 22.4 Å². The van der Waals surface area contributed by atoms with Crippen molar-refractivity contribution in [2.75, 3.05) is 4.90 Å². The summed E-state index contributed by atoms with van der Waals surface area (Å²) in [7, 11) is 0. The van der Waals surface area contributed by atoms with Gasteiger partial charge in [-0.2, -0.15) is 0 Å². The van der Waals surface area contributed by atoms with Crippen LogP contribution in [-0.4, -0.2) is 20.9 Å². The number of carbonyl (C=O) groups excluding carboxylic acids is 1. The Hall–Kier alpha value is -3.86. The van der Waals surface area contributed by atoms with Crippen LogP contribution in [0.15, 0.2) is 97.7 Å². The average Bonchev–Trinajstić information content (AvgIpc) is 3.04. The second-order valence-electron chi connectivity index (χ2n) is 7.50. The number of nitrogens with zero attached hydrogens (tertiary/aromatic N) is 4. The summed E-state index contributed by atoms with van der Waals surface area (Å²) in [5.74, 6) is 0.743. The highest BCUT2D eigenvalue weighted by molar-refractivity contribution is 6.12. The summed E-state index contributed by atoms with van der Waals surface area (Å²) in [5.41, 5.74) is 3.15. The topological polar surface area (TPSA) is 59.0 Å². The van der Waals surface area contributed by atoms with Gasteiger partial charge in [0.25, 0.3) is 0 Å². The summed E-state index contributed by atoms with van der Waals surface area (Å²) in [5, 5.41) is 0. The molecule has 5 nitrogen and oxygen atoms in total. The molecule has 4 aromatic rings. The van der Waals surface area contributed by atoms with E-state index in [1.165, 1.54) is 0 Å². The fourth-order valence-corrected chi connectivity index (χ4v) is 4.29. The Morgan fingerprint density at radius 3 is 1.90 bits per heavy atom. The van der Waals surface area contributed by atoms with Gasteiger partial charge in [-0.3, -0.25) is 19.7 Å². The molecule has 1 amide bonds. The number of fused-ring (bicyclic) bond motifs is 1. The summed E-state index contributed by atoms with van der Waals surface area (Å²) >= 11 is 0. The van der Waals surface area contributed by atoms with Gasteiger partial charge in [0.1, 0.15) is 5.82 Å². The molecule has 0 unspecified atom stereocenters. The van der Waals surface area contributed by atoms with Gasteiger partial charge in [-0.1, -0.05) is 24.3 Å². The second-order valence-corrected chi connectivity index (χ2v) is 7.50. The Bertz CT molecular complexity index is 1120. The van der Waals surface area contributed by atoms with Gasteiger partial charge in [0.15, 0.2) is 0 Å². The van der Waals surface area contributed by atoms with E-state index in [9.17, 15) is 4.79 Å². The fraction of sp³-hybridized carbons (Fsp3) is 0.120. The molecule has 0 N–H and O–H groups in total. The van der Waals surface area contributed by atoms with E-state index in [-0.39, 0.29) is 5.91 Å². The van der Waals surface area contributed by atoms with E-state index in [0.29, 0.717) is 18.7 Å². The van der Waals surface area contributed by atoms with Crippen molar-refractivity contribution in [3.63, 3.8) is 0 Å². The van der Waals surface area contributed by atoms with Crippen LogP contribution in [0.1, 0.15) is 16.7 Å². The smallest absolute Gasteiger partial charge is 0.244 e. The van der Waals surface area contributed by atoms with Gasteiger partial charge in [-0.05, 0) is 66.4 Å². The van der Waals surface area contributed by atoms with Crippen molar-refractivity contribution in [3.8, 4) is 0 Å². The van der Waals surface area contributed by atoms with Crippen molar-refractivity contribution in [3.05, 3.63) is 114 Å². The largest absolute Gasteiger partial charge is 0.273 e. The van der Waals surface area contributed by atoms with Gasteiger partial charge in [-0.15, -0.1) is 0 Å². The zero-order valence-corrected chi connectivity index (χ0v) is 16.3. The molecule has 5 rings (SSSR count). The molecule has 0 saturated heterocycles. The third kappa shape index (κ3) is 3.05. The lowest BCUT2D eigenvalue weighted by atomic mass is 9.72. The number of hydrogen-bond donors (Lipinski definition) is 0. The highest BCUT2D eigenvalue weighted by Gasteiger charge is 2.52. The van der Waals surface area contributed by atoms with Crippen molar-refractivity contribution in [2.24, 2.45) is 0 Å². The minimum absolute atomic E-state index is 0.0380. The summed E-state index contributed by atoms with van der Waals surface area (Å²) in [6.07, 6.45) is 9.97. The predicted octanol–water partition coefficient (Wildman–Crippen LogP) is 4.27. The number of aromatic nitrogens is 3. The lowest BCUT2D eigenvalue weighted by Gasteiger charge is -2.29. The standard InChI is InChI=1S/C25H20N4O/c30-24-25(17-19-8-13-26-14-9-19,18-20-10-15-27-16-11-20)22-7-4-12-28-23(22)29(24)21-5-2-1-3-6-21/h1-16H,17-18H2. The first-order valence-electron chi connectivity index (χ1n) is 9.91. The van der Waals surface area contributed by atoms with Crippen LogP contribution in [0, 0.1) is 0 Å². The van der Waals surface area contributed by atoms with Crippen molar-refractivity contribution in [2.45, 2.75) is 18.3 Å². The Morgan fingerprint density at radius 2 is 1.30 bits per heavy atom. The number of rotatable bonds is 5. The molecule has 5 heteroatoms. The van der Waals surface area contributed by atoms with Gasteiger partial charge in [-0.25, -0.2) is 4.98 Å². The van der Waals surface area contributed by atoms with E-state index in [2.05, 4.69) is 15.0 Å². The maximum absolute atomic E-state index is 14.1. The average molecular weight is 392 g/mol. The van der Waals surface area contributed by atoms with Gasteiger partial charge < -0.3 is 0 Å². The SMILES string of the molecule is O=C1N(c2ccccc2)c2ncccc2C1(Cc1ccncc1)Cc1ccncc1. The minimum atomic E-state index is -0.762. The highest BCUT2D eigenvalue weighted by atomic mass is 16.2. The Kier molecular flexibility index (Phi) is 4.56. The molecule has 0 spiro atoms. The van der Waals surface area contributed by atoms with Crippen molar-refractivity contribution < 1.29 is 4.79 Å². The van der Waals surface area contributed by atoms with Gasteiger partial charge in [0.05, 0.1) is 11.1 Å². The van der Waals surface area contributed by atoms with Crippen LogP contribution in [-0.2, 0) is 23.1 Å². The lowest BCUT2D eigenvalue weighted by molar-refractivity contribution is -0.122. The van der Waals surface area contributed by atoms with Crippen molar-refractivity contribution in [1.29, 1.82) is 0 Å². The second kappa shape index (κ2) is 7.52. The molecule has 3 aromatic heterocycles. The summed E-state index contributed by atoms with van der Waals surface area (Å²) in [6.45, 7) is 0. The molecule has 0 aliphatic carbocycles. The van der Waals surface area contributed by atoms with E-state index in [1.807, 2.05) is 66.7 Å². The van der Waals surface area contributed by atoms with Crippen LogP contribution in [0.3, 0.4) is 0 Å². The van der Waals surface area contributed by atoms with Crippen LogP contribution in [0.2, 0.25) is 0 Å². The number of para-hydroxylation sites is 1. The van der Waals surface area contributed by atoms with E-state index in [4.69, 9.17) is 0 Å². The van der Waals surface area contributed by atoms with Gasteiger partial charge in [0, 0.05) is 36.5 Å². The molecular formula is C25H20N4O. The molecule has 0 fully saturated rings. The third-order valence-corrected chi connectivity index (χ3v) is 5.65. The zero-order valence-electron chi connectivity index (χ0n) is 16.3.